The Hall–Kier alpha value is -4.20. The fourth-order valence-electron chi connectivity index (χ4n) is 4.23. The number of phenolic OH excluding ortho intramolecular Hbond substituents is 1. The quantitative estimate of drug-likeness (QED) is 0.281. The number of aliphatic hydroxyl groups is 1. The van der Waals surface area contributed by atoms with Crippen molar-refractivity contribution in [2.45, 2.75) is 32.2 Å². The second-order valence-corrected chi connectivity index (χ2v) is 9.52. The highest BCUT2D eigenvalue weighted by Gasteiger charge is 2.48. The number of hydrogen-bond donors (Lipinski definition) is 2. The number of carbonyl (C=O) groups is 2. The van der Waals surface area contributed by atoms with Crippen molar-refractivity contribution in [2.24, 2.45) is 0 Å². The summed E-state index contributed by atoms with van der Waals surface area (Å²) in [6.45, 7) is 5.93. The number of ketones is 1. The SMILES string of the molecule is COc1ccc(C(C)(C)C)cc1/C(O)=C1\C(=O)C(=O)N(c2ccc(F)cc2F)C1c1ccc(O)cc1. The van der Waals surface area contributed by atoms with Gasteiger partial charge in [-0.3, -0.25) is 14.5 Å². The van der Waals surface area contributed by atoms with Crippen LogP contribution in [0.3, 0.4) is 0 Å². The summed E-state index contributed by atoms with van der Waals surface area (Å²) in [4.78, 5) is 27.4. The van der Waals surface area contributed by atoms with Crippen molar-refractivity contribution in [2.75, 3.05) is 12.0 Å². The number of ether oxygens (including phenoxy) is 1. The van der Waals surface area contributed by atoms with Gasteiger partial charge in [0.25, 0.3) is 11.7 Å². The summed E-state index contributed by atoms with van der Waals surface area (Å²) in [6, 6.07) is 12.1. The van der Waals surface area contributed by atoms with Gasteiger partial charge in [0.05, 0.1) is 30.0 Å². The summed E-state index contributed by atoms with van der Waals surface area (Å²) in [5.41, 5.74) is 0.422. The summed E-state index contributed by atoms with van der Waals surface area (Å²) in [7, 11) is 1.41. The summed E-state index contributed by atoms with van der Waals surface area (Å²) in [6.07, 6.45) is 0. The fourth-order valence-corrected chi connectivity index (χ4v) is 4.23. The maximum atomic E-state index is 14.8. The zero-order chi connectivity index (χ0) is 26.4. The number of Topliss-reactive ketones (excluding diaryl/α,β-unsaturated/α-hetero) is 1. The van der Waals surface area contributed by atoms with Crippen LogP contribution in [-0.2, 0) is 15.0 Å². The normalized spacial score (nSPS) is 17.5. The van der Waals surface area contributed by atoms with Crippen LogP contribution >= 0.6 is 0 Å². The molecular formula is C28H25F2NO5. The molecule has 3 aromatic carbocycles. The van der Waals surface area contributed by atoms with Crippen LogP contribution < -0.4 is 9.64 Å². The largest absolute Gasteiger partial charge is 0.508 e. The highest BCUT2D eigenvalue weighted by atomic mass is 19.1. The lowest BCUT2D eigenvalue weighted by molar-refractivity contribution is -0.132. The molecule has 0 aromatic heterocycles. The lowest BCUT2D eigenvalue weighted by Gasteiger charge is -2.26. The van der Waals surface area contributed by atoms with Gasteiger partial charge in [-0.05, 0) is 52.9 Å². The molecule has 0 radical (unpaired) electrons. The number of rotatable bonds is 4. The van der Waals surface area contributed by atoms with E-state index in [1.54, 1.807) is 12.1 Å². The highest BCUT2D eigenvalue weighted by molar-refractivity contribution is 6.51. The third-order valence-electron chi connectivity index (χ3n) is 6.14. The zero-order valence-electron chi connectivity index (χ0n) is 20.2. The van der Waals surface area contributed by atoms with Crippen LogP contribution in [0.25, 0.3) is 5.76 Å². The van der Waals surface area contributed by atoms with Gasteiger partial charge in [-0.25, -0.2) is 8.78 Å². The minimum Gasteiger partial charge on any atom is -0.508 e. The van der Waals surface area contributed by atoms with Crippen LogP contribution in [0.2, 0.25) is 0 Å². The van der Waals surface area contributed by atoms with Gasteiger partial charge in [0, 0.05) is 6.07 Å². The molecule has 1 aliphatic heterocycles. The van der Waals surface area contributed by atoms with E-state index in [2.05, 4.69) is 0 Å². The van der Waals surface area contributed by atoms with Crippen molar-refractivity contribution in [3.63, 3.8) is 0 Å². The van der Waals surface area contributed by atoms with E-state index in [0.29, 0.717) is 11.6 Å². The molecule has 186 valence electrons. The average Bonchev–Trinajstić information content (AvgIpc) is 3.08. The minimum atomic E-state index is -1.26. The van der Waals surface area contributed by atoms with Gasteiger partial charge in [-0.1, -0.05) is 39.0 Å². The molecule has 1 saturated heterocycles. The van der Waals surface area contributed by atoms with Crippen LogP contribution in [0.5, 0.6) is 11.5 Å². The molecule has 2 N–H and O–H groups in total. The van der Waals surface area contributed by atoms with E-state index >= 15 is 0 Å². The predicted molar refractivity (Wildman–Crippen MR) is 131 cm³/mol. The number of halogens is 2. The molecule has 36 heavy (non-hydrogen) atoms. The molecule has 0 aliphatic carbocycles. The number of hydrogen-bond acceptors (Lipinski definition) is 5. The van der Waals surface area contributed by atoms with E-state index < -0.39 is 35.1 Å². The summed E-state index contributed by atoms with van der Waals surface area (Å²) in [5, 5.41) is 21.2. The Morgan fingerprint density at radius 1 is 0.972 bits per heavy atom. The van der Waals surface area contributed by atoms with Gasteiger partial charge in [0.1, 0.15) is 28.9 Å². The number of amides is 1. The van der Waals surface area contributed by atoms with Crippen LogP contribution in [0.4, 0.5) is 14.5 Å². The lowest BCUT2D eigenvalue weighted by atomic mass is 9.85. The number of anilines is 1. The molecule has 0 spiro atoms. The molecule has 1 unspecified atom stereocenters. The average molecular weight is 494 g/mol. The molecule has 1 amide bonds. The van der Waals surface area contributed by atoms with Crippen molar-refractivity contribution >= 4 is 23.1 Å². The van der Waals surface area contributed by atoms with Crippen molar-refractivity contribution in [3.05, 3.63) is 94.6 Å². The number of methoxy groups -OCH3 is 1. The van der Waals surface area contributed by atoms with Crippen LogP contribution in [0.1, 0.15) is 43.5 Å². The van der Waals surface area contributed by atoms with Gasteiger partial charge >= 0.3 is 0 Å². The van der Waals surface area contributed by atoms with E-state index in [0.717, 1.165) is 22.6 Å². The molecule has 1 atom stereocenters. The van der Waals surface area contributed by atoms with Gasteiger partial charge in [-0.15, -0.1) is 0 Å². The molecule has 0 saturated carbocycles. The molecule has 4 rings (SSSR count). The Morgan fingerprint density at radius 2 is 1.64 bits per heavy atom. The van der Waals surface area contributed by atoms with Crippen molar-refractivity contribution in [1.82, 2.24) is 0 Å². The summed E-state index contributed by atoms with van der Waals surface area (Å²) in [5.74, 6) is -4.33. The van der Waals surface area contributed by atoms with Crippen LogP contribution in [0, 0.1) is 11.6 Å². The second-order valence-electron chi connectivity index (χ2n) is 9.52. The van der Waals surface area contributed by atoms with E-state index in [-0.39, 0.29) is 33.7 Å². The Labute approximate surface area is 207 Å². The van der Waals surface area contributed by atoms with Gasteiger partial charge in [-0.2, -0.15) is 0 Å². The van der Waals surface area contributed by atoms with Gasteiger partial charge in [0.15, 0.2) is 0 Å². The number of benzene rings is 3. The van der Waals surface area contributed by atoms with Crippen LogP contribution in [0.15, 0.2) is 66.2 Å². The number of carbonyl (C=O) groups excluding carboxylic acids is 2. The maximum Gasteiger partial charge on any atom is 0.300 e. The molecule has 1 heterocycles. The molecule has 3 aromatic rings. The number of aliphatic hydroxyl groups excluding tert-OH is 1. The maximum absolute atomic E-state index is 14.8. The minimum absolute atomic E-state index is 0.0665. The van der Waals surface area contributed by atoms with E-state index in [1.807, 2.05) is 26.8 Å². The molecule has 1 aliphatic rings. The van der Waals surface area contributed by atoms with Gasteiger partial charge in [0.2, 0.25) is 0 Å². The van der Waals surface area contributed by atoms with E-state index in [9.17, 15) is 28.6 Å². The number of nitrogens with zero attached hydrogens (tertiary/aromatic N) is 1. The summed E-state index contributed by atoms with van der Waals surface area (Å²) >= 11 is 0. The van der Waals surface area contributed by atoms with Crippen molar-refractivity contribution in [1.29, 1.82) is 0 Å². The first-order valence-corrected chi connectivity index (χ1v) is 11.2. The van der Waals surface area contributed by atoms with Crippen molar-refractivity contribution < 1.29 is 33.3 Å². The molecule has 0 bridgehead atoms. The Bertz CT molecular complexity index is 1390. The second kappa shape index (κ2) is 9.11. The first kappa shape index (κ1) is 24.9. The fraction of sp³-hybridized carbons (Fsp3) is 0.214. The first-order valence-electron chi connectivity index (χ1n) is 11.2. The Balaban J connectivity index is 2.01. The molecule has 6 nitrogen and oxygen atoms in total. The number of aromatic hydroxyl groups is 1. The molecule has 8 heteroatoms. The van der Waals surface area contributed by atoms with E-state index in [1.165, 1.54) is 31.4 Å². The molecular weight excluding hydrogens is 468 g/mol. The topological polar surface area (TPSA) is 87.1 Å². The third kappa shape index (κ3) is 4.30. The molecule has 1 fully saturated rings. The first-order chi connectivity index (χ1) is 16.9. The van der Waals surface area contributed by atoms with E-state index in [4.69, 9.17) is 4.74 Å². The smallest absolute Gasteiger partial charge is 0.300 e. The summed E-state index contributed by atoms with van der Waals surface area (Å²) < 4.78 is 33.9. The standard InChI is InChI=1S/C28H25F2NO5/c1-28(2,3)16-7-12-22(36-4)19(13-16)25(33)23-24(15-5-9-18(32)10-6-15)31(27(35)26(23)34)21-11-8-17(29)14-20(21)30/h5-14,24,32-33H,1-4H3/b25-23+. The van der Waals surface area contributed by atoms with Crippen molar-refractivity contribution in [3.8, 4) is 11.5 Å². The predicted octanol–water partition coefficient (Wildman–Crippen LogP) is 5.60. The Kier molecular flexibility index (Phi) is 6.30. The highest BCUT2D eigenvalue weighted by Crippen LogP contribution is 2.44. The lowest BCUT2D eigenvalue weighted by Crippen LogP contribution is -2.30. The Morgan fingerprint density at radius 3 is 2.22 bits per heavy atom. The third-order valence-corrected chi connectivity index (χ3v) is 6.14. The zero-order valence-corrected chi connectivity index (χ0v) is 20.2. The van der Waals surface area contributed by atoms with Crippen LogP contribution in [-0.4, -0.2) is 29.0 Å². The monoisotopic (exact) mass is 493 g/mol. The number of phenols is 1. The van der Waals surface area contributed by atoms with Gasteiger partial charge < -0.3 is 14.9 Å².